The van der Waals surface area contributed by atoms with Crippen LogP contribution in [0.15, 0.2) is 24.3 Å². The summed E-state index contributed by atoms with van der Waals surface area (Å²) in [5, 5.41) is 3.68. The number of ether oxygens (including phenoxy) is 1. The number of para-hydroxylation sites is 1. The summed E-state index contributed by atoms with van der Waals surface area (Å²) < 4.78 is 5.53. The minimum Gasteiger partial charge on any atom is -0.380 e. The van der Waals surface area contributed by atoms with Crippen molar-refractivity contribution in [1.82, 2.24) is 5.32 Å². The molecule has 0 bridgehead atoms. The van der Waals surface area contributed by atoms with Gasteiger partial charge in [-0.25, -0.2) is 0 Å². The van der Waals surface area contributed by atoms with Crippen LogP contribution in [0.25, 0.3) is 0 Å². The van der Waals surface area contributed by atoms with Crippen LogP contribution in [0.3, 0.4) is 0 Å². The minimum absolute atomic E-state index is 0.582. The molecule has 1 unspecified atom stereocenters. The fourth-order valence-electron chi connectivity index (χ4n) is 2.72. The summed E-state index contributed by atoms with van der Waals surface area (Å²) in [7, 11) is 0. The first kappa shape index (κ1) is 14.4. The van der Waals surface area contributed by atoms with Crippen molar-refractivity contribution >= 4 is 5.69 Å². The van der Waals surface area contributed by atoms with Gasteiger partial charge in [-0.1, -0.05) is 31.5 Å². The van der Waals surface area contributed by atoms with Gasteiger partial charge in [0.05, 0.1) is 6.61 Å². The predicted octanol–water partition coefficient (Wildman–Crippen LogP) is 2.80. The van der Waals surface area contributed by atoms with E-state index in [1.165, 1.54) is 24.1 Å². The van der Waals surface area contributed by atoms with Gasteiger partial charge >= 0.3 is 0 Å². The van der Waals surface area contributed by atoms with E-state index in [1.807, 2.05) is 0 Å². The van der Waals surface area contributed by atoms with Crippen LogP contribution < -0.4 is 10.2 Å². The normalized spacial score (nSPS) is 19.1. The second-order valence-corrected chi connectivity index (χ2v) is 5.14. The quantitative estimate of drug-likeness (QED) is 0.798. The summed E-state index contributed by atoms with van der Waals surface area (Å²) >= 11 is 0. The number of rotatable bonds is 6. The van der Waals surface area contributed by atoms with E-state index in [0.717, 1.165) is 32.8 Å². The van der Waals surface area contributed by atoms with Crippen molar-refractivity contribution in [3.63, 3.8) is 0 Å². The second-order valence-electron chi connectivity index (χ2n) is 5.14. The maximum absolute atomic E-state index is 5.53. The Balaban J connectivity index is 2.09. The Labute approximate surface area is 116 Å². The molecule has 1 aromatic carbocycles. The van der Waals surface area contributed by atoms with Crippen molar-refractivity contribution in [1.29, 1.82) is 0 Å². The Morgan fingerprint density at radius 2 is 2.16 bits per heavy atom. The third-order valence-corrected chi connectivity index (χ3v) is 3.70. The van der Waals surface area contributed by atoms with Gasteiger partial charge in [-0.05, 0) is 25.0 Å². The number of hydrogen-bond donors (Lipinski definition) is 1. The van der Waals surface area contributed by atoms with Gasteiger partial charge in [-0.15, -0.1) is 0 Å². The van der Waals surface area contributed by atoms with Crippen LogP contribution in [0, 0.1) is 0 Å². The van der Waals surface area contributed by atoms with Crippen molar-refractivity contribution in [3.05, 3.63) is 29.8 Å². The Hall–Kier alpha value is -1.06. The zero-order valence-electron chi connectivity index (χ0n) is 12.2. The third kappa shape index (κ3) is 3.95. The molecule has 1 aliphatic heterocycles. The summed E-state index contributed by atoms with van der Waals surface area (Å²) in [6, 6.07) is 9.30. The molecule has 1 aromatic rings. The average Bonchev–Trinajstić information content (AvgIpc) is 2.60. The van der Waals surface area contributed by atoms with Gasteiger partial charge in [0.1, 0.15) is 0 Å². The minimum atomic E-state index is 0.582. The van der Waals surface area contributed by atoms with Gasteiger partial charge < -0.3 is 15.0 Å². The van der Waals surface area contributed by atoms with Gasteiger partial charge in [0.25, 0.3) is 0 Å². The highest BCUT2D eigenvalue weighted by Crippen LogP contribution is 2.23. The van der Waals surface area contributed by atoms with Crippen molar-refractivity contribution in [2.75, 3.05) is 31.2 Å². The van der Waals surface area contributed by atoms with Crippen molar-refractivity contribution < 1.29 is 4.74 Å². The topological polar surface area (TPSA) is 24.5 Å². The average molecular weight is 262 g/mol. The molecule has 106 valence electrons. The number of benzene rings is 1. The zero-order chi connectivity index (χ0) is 13.5. The first-order valence-electron chi connectivity index (χ1n) is 7.49. The lowest BCUT2D eigenvalue weighted by Gasteiger charge is -2.27. The van der Waals surface area contributed by atoms with E-state index in [2.05, 4.69) is 48.3 Å². The van der Waals surface area contributed by atoms with E-state index in [-0.39, 0.29) is 0 Å². The molecule has 0 aliphatic carbocycles. The number of hydrogen-bond acceptors (Lipinski definition) is 3. The van der Waals surface area contributed by atoms with Gasteiger partial charge in [0.2, 0.25) is 0 Å². The summed E-state index contributed by atoms with van der Waals surface area (Å²) in [4.78, 5) is 2.48. The molecule has 0 amide bonds. The largest absolute Gasteiger partial charge is 0.380 e. The summed E-state index contributed by atoms with van der Waals surface area (Å²) in [6.07, 6.45) is 2.46. The predicted molar refractivity (Wildman–Crippen MR) is 80.7 cm³/mol. The number of nitrogens with zero attached hydrogens (tertiary/aromatic N) is 1. The van der Waals surface area contributed by atoms with Crippen molar-refractivity contribution in [2.24, 2.45) is 0 Å². The summed E-state index contributed by atoms with van der Waals surface area (Å²) in [5.74, 6) is 0. The van der Waals surface area contributed by atoms with Crippen molar-refractivity contribution in [2.45, 2.75) is 39.3 Å². The Bertz CT molecular complexity index is 381. The van der Waals surface area contributed by atoms with Crippen LogP contribution in [0.4, 0.5) is 5.69 Å². The van der Waals surface area contributed by atoms with E-state index in [1.54, 1.807) is 0 Å². The maximum Gasteiger partial charge on any atom is 0.0641 e. The monoisotopic (exact) mass is 262 g/mol. The lowest BCUT2D eigenvalue weighted by molar-refractivity contribution is 0.153. The van der Waals surface area contributed by atoms with Gasteiger partial charge in [-0.3, -0.25) is 0 Å². The van der Waals surface area contributed by atoms with Crippen LogP contribution in [0.2, 0.25) is 0 Å². The van der Waals surface area contributed by atoms with Crippen LogP contribution in [-0.2, 0) is 11.3 Å². The highest BCUT2D eigenvalue weighted by molar-refractivity contribution is 5.54. The molecular formula is C16H26N2O. The maximum atomic E-state index is 5.53. The number of nitrogens with one attached hydrogen (secondary N) is 1. The molecule has 0 fully saturated rings. The van der Waals surface area contributed by atoms with E-state index in [4.69, 9.17) is 4.74 Å². The third-order valence-electron chi connectivity index (χ3n) is 3.70. The molecule has 1 heterocycles. The molecule has 3 heteroatoms. The fraction of sp³-hybridized carbons (Fsp3) is 0.625. The van der Waals surface area contributed by atoms with E-state index in [9.17, 15) is 0 Å². The Morgan fingerprint density at radius 1 is 1.32 bits per heavy atom. The SMILES string of the molecule is CCCC1CN(CCOCC)c2ccccc2CN1. The highest BCUT2D eigenvalue weighted by atomic mass is 16.5. The number of anilines is 1. The molecule has 19 heavy (non-hydrogen) atoms. The molecule has 3 nitrogen and oxygen atoms in total. The molecule has 1 N–H and O–H groups in total. The van der Waals surface area contributed by atoms with Crippen molar-refractivity contribution in [3.8, 4) is 0 Å². The first-order valence-corrected chi connectivity index (χ1v) is 7.49. The van der Waals surface area contributed by atoms with E-state index < -0.39 is 0 Å². The molecule has 0 saturated carbocycles. The molecule has 1 atom stereocenters. The van der Waals surface area contributed by atoms with Gasteiger partial charge in [0.15, 0.2) is 0 Å². The first-order chi connectivity index (χ1) is 9.35. The van der Waals surface area contributed by atoms with Gasteiger partial charge in [0, 0.05) is 38.0 Å². The van der Waals surface area contributed by atoms with Crippen LogP contribution in [0.5, 0.6) is 0 Å². The standard InChI is InChI=1S/C16H26N2O/c1-3-7-15-13-18(10-11-19-4-2)16-9-6-5-8-14(16)12-17-15/h5-6,8-9,15,17H,3-4,7,10-13H2,1-2H3. The molecule has 0 radical (unpaired) electrons. The highest BCUT2D eigenvalue weighted by Gasteiger charge is 2.20. The van der Waals surface area contributed by atoms with Gasteiger partial charge in [-0.2, -0.15) is 0 Å². The Morgan fingerprint density at radius 3 is 2.95 bits per heavy atom. The molecule has 0 spiro atoms. The van der Waals surface area contributed by atoms with E-state index in [0.29, 0.717) is 6.04 Å². The summed E-state index contributed by atoms with van der Waals surface area (Å²) in [5.41, 5.74) is 2.77. The molecular weight excluding hydrogens is 236 g/mol. The summed E-state index contributed by atoms with van der Waals surface area (Å²) in [6.45, 7) is 8.95. The lowest BCUT2D eigenvalue weighted by Crippen LogP contribution is -2.39. The fourth-order valence-corrected chi connectivity index (χ4v) is 2.72. The smallest absolute Gasteiger partial charge is 0.0641 e. The molecule has 0 saturated heterocycles. The molecule has 2 rings (SSSR count). The second kappa shape index (κ2) is 7.51. The molecule has 1 aliphatic rings. The number of fused-ring (bicyclic) bond motifs is 1. The van der Waals surface area contributed by atoms with Crippen LogP contribution in [-0.4, -0.2) is 32.3 Å². The van der Waals surface area contributed by atoms with E-state index >= 15 is 0 Å². The zero-order valence-corrected chi connectivity index (χ0v) is 12.2. The van der Waals surface area contributed by atoms with Crippen LogP contribution >= 0.6 is 0 Å². The molecule has 0 aromatic heterocycles. The van der Waals surface area contributed by atoms with Crippen LogP contribution in [0.1, 0.15) is 32.3 Å². The Kier molecular flexibility index (Phi) is 5.67. The lowest BCUT2D eigenvalue weighted by atomic mass is 10.1.